The number of benzene rings is 3. The van der Waals surface area contributed by atoms with Crippen LogP contribution in [0, 0.1) is 0 Å². The third kappa shape index (κ3) is 9.27. The SMILES string of the molecule is CS(=O)(=O)Nc1ccccc1N1CCN(C(=O)[C@@H](Cc2ccc(Cl)cc2)NC(=O)CCNc2ccc(Cl)cc2)CC1.[HH].[HH]. The lowest BCUT2D eigenvalue weighted by Gasteiger charge is -2.38. The van der Waals surface area contributed by atoms with Crippen LogP contribution in [-0.2, 0) is 26.0 Å². The Morgan fingerprint density at radius 3 is 2.15 bits per heavy atom. The predicted octanol–water partition coefficient (Wildman–Crippen LogP) is 4.74. The molecule has 3 N–H and O–H groups in total. The summed E-state index contributed by atoms with van der Waals surface area (Å²) in [4.78, 5) is 30.4. The highest BCUT2D eigenvalue weighted by molar-refractivity contribution is 7.92. The second-order valence-electron chi connectivity index (χ2n) is 9.84. The van der Waals surface area contributed by atoms with Crippen molar-refractivity contribution in [1.82, 2.24) is 10.2 Å². The molecule has 41 heavy (non-hydrogen) atoms. The fourth-order valence-electron chi connectivity index (χ4n) is 4.63. The number of amides is 2. The van der Waals surface area contributed by atoms with Crippen molar-refractivity contribution in [1.29, 1.82) is 0 Å². The van der Waals surface area contributed by atoms with Gasteiger partial charge in [0.15, 0.2) is 0 Å². The summed E-state index contributed by atoms with van der Waals surface area (Å²) in [6, 6.07) is 20.9. The summed E-state index contributed by atoms with van der Waals surface area (Å²) in [5, 5.41) is 7.35. The van der Waals surface area contributed by atoms with Crippen LogP contribution in [0.4, 0.5) is 17.1 Å². The van der Waals surface area contributed by atoms with E-state index >= 15 is 0 Å². The van der Waals surface area contributed by atoms with Gasteiger partial charge >= 0.3 is 0 Å². The minimum atomic E-state index is -3.44. The molecule has 0 unspecified atom stereocenters. The lowest BCUT2D eigenvalue weighted by molar-refractivity contribution is -0.136. The van der Waals surface area contributed by atoms with Gasteiger partial charge in [-0.3, -0.25) is 14.3 Å². The largest absolute Gasteiger partial charge is 0.385 e. The molecule has 12 heteroatoms. The van der Waals surface area contributed by atoms with Crippen molar-refractivity contribution in [2.24, 2.45) is 0 Å². The van der Waals surface area contributed by atoms with E-state index in [1.165, 1.54) is 0 Å². The summed E-state index contributed by atoms with van der Waals surface area (Å²) < 4.78 is 26.2. The summed E-state index contributed by atoms with van der Waals surface area (Å²) in [6.07, 6.45) is 1.63. The van der Waals surface area contributed by atoms with E-state index in [-0.39, 0.29) is 21.1 Å². The number of carbonyl (C=O) groups is 2. The van der Waals surface area contributed by atoms with Crippen LogP contribution in [0.2, 0.25) is 10.0 Å². The van der Waals surface area contributed by atoms with Crippen molar-refractivity contribution in [3.05, 3.63) is 88.4 Å². The van der Waals surface area contributed by atoms with Crippen molar-refractivity contribution in [2.75, 3.05) is 53.9 Å². The zero-order valence-electron chi connectivity index (χ0n) is 22.6. The van der Waals surface area contributed by atoms with Crippen LogP contribution in [0.5, 0.6) is 0 Å². The number of nitrogens with zero attached hydrogens (tertiary/aromatic N) is 2. The van der Waals surface area contributed by atoms with Crippen LogP contribution in [-0.4, -0.2) is 70.2 Å². The number of hydrogen-bond acceptors (Lipinski definition) is 6. The van der Waals surface area contributed by atoms with E-state index in [9.17, 15) is 18.0 Å². The summed E-state index contributed by atoms with van der Waals surface area (Å²) in [7, 11) is -3.44. The first kappa shape index (κ1) is 30.5. The summed E-state index contributed by atoms with van der Waals surface area (Å²) in [6.45, 7) is 2.28. The van der Waals surface area contributed by atoms with E-state index in [2.05, 4.69) is 15.4 Å². The fourth-order valence-corrected chi connectivity index (χ4v) is 5.46. The normalized spacial score (nSPS) is 14.3. The van der Waals surface area contributed by atoms with Crippen molar-refractivity contribution in [3.63, 3.8) is 0 Å². The molecule has 222 valence electrons. The van der Waals surface area contributed by atoms with Crippen LogP contribution in [0.15, 0.2) is 72.8 Å². The number of carbonyl (C=O) groups excluding carboxylic acids is 2. The zero-order chi connectivity index (χ0) is 29.4. The molecular weight excluding hydrogens is 585 g/mol. The monoisotopic (exact) mass is 621 g/mol. The molecule has 0 saturated carbocycles. The Hall–Kier alpha value is -3.47. The van der Waals surface area contributed by atoms with Crippen molar-refractivity contribution in [2.45, 2.75) is 18.9 Å². The summed E-state index contributed by atoms with van der Waals surface area (Å²) in [5.74, 6) is -0.403. The Kier molecular flexibility index (Phi) is 10.4. The second-order valence-corrected chi connectivity index (χ2v) is 12.5. The molecule has 1 atom stereocenters. The smallest absolute Gasteiger partial charge is 0.245 e. The predicted molar refractivity (Wildman–Crippen MR) is 170 cm³/mol. The number of anilines is 3. The first-order valence-corrected chi connectivity index (χ1v) is 15.9. The van der Waals surface area contributed by atoms with Gasteiger partial charge in [-0.1, -0.05) is 47.5 Å². The molecule has 0 aliphatic carbocycles. The standard InChI is InChI=1S/C29H33Cl2N5O4S.2H2/c1-41(39,40)34-25-4-2-3-5-27(25)35-16-18-36(19-17-35)29(38)26(20-21-6-8-22(30)9-7-21)33-28(37)14-15-32-24-12-10-23(31)11-13-24;;/h2-13,26,32,34H,14-20H2,1H3,(H,33,37);2*1H/t26-;;/m1../s1. The van der Waals surface area contributed by atoms with Gasteiger partial charge in [0, 0.05) is 64.2 Å². The van der Waals surface area contributed by atoms with E-state index in [1.807, 2.05) is 41.3 Å². The van der Waals surface area contributed by atoms with Gasteiger partial charge < -0.3 is 20.4 Å². The highest BCUT2D eigenvalue weighted by atomic mass is 35.5. The Morgan fingerprint density at radius 2 is 1.51 bits per heavy atom. The molecule has 3 aromatic rings. The molecular formula is C29H37Cl2N5O4S. The molecule has 0 radical (unpaired) electrons. The lowest BCUT2D eigenvalue weighted by atomic mass is 10.0. The molecule has 2 amide bonds. The van der Waals surface area contributed by atoms with Crippen LogP contribution >= 0.6 is 23.2 Å². The molecule has 1 saturated heterocycles. The fraction of sp³-hybridized carbons (Fsp3) is 0.310. The van der Waals surface area contributed by atoms with Crippen molar-refractivity contribution >= 4 is 62.1 Å². The van der Waals surface area contributed by atoms with Gasteiger partial charge in [0.1, 0.15) is 6.04 Å². The Morgan fingerprint density at radius 1 is 0.902 bits per heavy atom. The summed E-state index contributed by atoms with van der Waals surface area (Å²) >= 11 is 12.0. The van der Waals surface area contributed by atoms with Gasteiger partial charge in [0.05, 0.1) is 17.6 Å². The van der Waals surface area contributed by atoms with E-state index in [0.717, 1.165) is 23.2 Å². The molecule has 1 aliphatic heterocycles. The maximum Gasteiger partial charge on any atom is 0.245 e. The van der Waals surface area contributed by atoms with Crippen LogP contribution in [0.3, 0.4) is 0 Å². The molecule has 1 aliphatic rings. The first-order valence-electron chi connectivity index (χ1n) is 13.2. The number of sulfonamides is 1. The highest BCUT2D eigenvalue weighted by Crippen LogP contribution is 2.27. The van der Waals surface area contributed by atoms with Crippen LogP contribution in [0.25, 0.3) is 0 Å². The quantitative estimate of drug-likeness (QED) is 0.285. The maximum atomic E-state index is 13.7. The maximum absolute atomic E-state index is 13.7. The lowest BCUT2D eigenvalue weighted by Crippen LogP contribution is -2.55. The topological polar surface area (TPSA) is 111 Å². The molecule has 4 rings (SSSR count). The van der Waals surface area contributed by atoms with Gasteiger partial charge in [0.25, 0.3) is 0 Å². The number of halogens is 2. The third-order valence-electron chi connectivity index (χ3n) is 6.64. The summed E-state index contributed by atoms with van der Waals surface area (Å²) in [5.41, 5.74) is 2.98. The van der Waals surface area contributed by atoms with Gasteiger partial charge in [-0.25, -0.2) is 8.42 Å². The molecule has 0 aromatic heterocycles. The van der Waals surface area contributed by atoms with Crippen molar-refractivity contribution in [3.8, 4) is 0 Å². The second kappa shape index (κ2) is 13.9. The number of rotatable bonds is 11. The third-order valence-corrected chi connectivity index (χ3v) is 7.74. The van der Waals surface area contributed by atoms with E-state index in [1.54, 1.807) is 41.3 Å². The van der Waals surface area contributed by atoms with Gasteiger partial charge in [-0.2, -0.15) is 0 Å². The number of hydrogen-bond donors (Lipinski definition) is 3. The number of piperazine rings is 1. The van der Waals surface area contributed by atoms with E-state index in [4.69, 9.17) is 23.2 Å². The average molecular weight is 623 g/mol. The zero-order valence-corrected chi connectivity index (χ0v) is 25.0. The van der Waals surface area contributed by atoms with Crippen LogP contribution in [0.1, 0.15) is 14.8 Å². The van der Waals surface area contributed by atoms with Gasteiger partial charge in [-0.05, 0) is 54.1 Å². The minimum absolute atomic E-state index is 0. The molecule has 0 bridgehead atoms. The Balaban J connectivity index is 0.00000323. The Bertz CT molecular complexity index is 1460. The van der Waals surface area contributed by atoms with Gasteiger partial charge in [0.2, 0.25) is 21.8 Å². The molecule has 0 spiro atoms. The average Bonchev–Trinajstić information content (AvgIpc) is 2.94. The first-order chi connectivity index (χ1) is 19.6. The molecule has 3 aromatic carbocycles. The highest BCUT2D eigenvalue weighted by Gasteiger charge is 2.29. The van der Waals surface area contributed by atoms with Crippen molar-refractivity contribution < 1.29 is 20.9 Å². The molecule has 1 fully saturated rings. The molecule has 1 heterocycles. The Labute approximate surface area is 253 Å². The molecule has 9 nitrogen and oxygen atoms in total. The van der Waals surface area contributed by atoms with Crippen LogP contribution < -0.4 is 20.3 Å². The van der Waals surface area contributed by atoms with E-state index < -0.39 is 16.1 Å². The van der Waals surface area contributed by atoms with E-state index in [0.29, 0.717) is 54.9 Å². The van der Waals surface area contributed by atoms with Gasteiger partial charge in [-0.15, -0.1) is 0 Å². The number of nitrogens with one attached hydrogen (secondary N) is 3. The minimum Gasteiger partial charge on any atom is -0.385 e. The number of para-hydroxylation sites is 2.